The number of aryl methyl sites for hydroxylation is 1. The lowest BCUT2D eigenvalue weighted by Gasteiger charge is -2.27. The molecule has 0 radical (unpaired) electrons. The van der Waals surface area contributed by atoms with Gasteiger partial charge in [-0.2, -0.15) is 5.10 Å². The number of fused-ring (bicyclic) bond motifs is 2. The van der Waals surface area contributed by atoms with Crippen molar-refractivity contribution in [1.29, 1.82) is 0 Å². The summed E-state index contributed by atoms with van der Waals surface area (Å²) in [4.78, 5) is 19.9. The molecular formula is C23H24N8. The summed E-state index contributed by atoms with van der Waals surface area (Å²) in [6.45, 7) is 4.08. The van der Waals surface area contributed by atoms with E-state index < -0.39 is 0 Å². The highest BCUT2D eigenvalue weighted by Crippen LogP contribution is 2.32. The zero-order valence-electron chi connectivity index (χ0n) is 17.7. The largest absolute Gasteiger partial charge is 0.355 e. The Kier molecular flexibility index (Phi) is 4.05. The maximum atomic E-state index is 4.94. The summed E-state index contributed by atoms with van der Waals surface area (Å²) in [6, 6.07) is 8.30. The zero-order chi connectivity index (χ0) is 20.9. The number of pyridine rings is 1. The molecule has 0 atom stereocenters. The smallest absolute Gasteiger partial charge is 0.159 e. The monoisotopic (exact) mass is 412 g/mol. The molecule has 0 bridgehead atoms. The van der Waals surface area contributed by atoms with Crippen molar-refractivity contribution in [3.63, 3.8) is 0 Å². The minimum atomic E-state index is 0.755. The molecule has 5 aromatic rings. The maximum absolute atomic E-state index is 4.94. The third-order valence-corrected chi connectivity index (χ3v) is 6.34. The number of aromatic amines is 2. The number of aromatic nitrogens is 7. The Morgan fingerprint density at radius 1 is 1.00 bits per heavy atom. The van der Waals surface area contributed by atoms with E-state index in [4.69, 9.17) is 4.98 Å². The van der Waals surface area contributed by atoms with E-state index in [0.717, 1.165) is 69.4 Å². The van der Waals surface area contributed by atoms with Gasteiger partial charge in [-0.25, -0.2) is 15.0 Å². The van der Waals surface area contributed by atoms with Gasteiger partial charge in [0.15, 0.2) is 11.6 Å². The van der Waals surface area contributed by atoms with Crippen LogP contribution in [0.3, 0.4) is 0 Å². The van der Waals surface area contributed by atoms with E-state index in [9.17, 15) is 0 Å². The second-order valence-corrected chi connectivity index (χ2v) is 8.25. The molecule has 0 unspecified atom stereocenters. The summed E-state index contributed by atoms with van der Waals surface area (Å²) in [5.74, 6) is 2.70. The Morgan fingerprint density at radius 2 is 1.87 bits per heavy atom. The second-order valence-electron chi connectivity index (χ2n) is 8.25. The SMILES string of the molecule is Cc1ncc(-c2ccc3[nH]nc(-c4nc5c(N6CCCCC6)nccc5[nH]4)c3c2)n1C. The summed E-state index contributed by atoms with van der Waals surface area (Å²) < 4.78 is 2.10. The highest BCUT2D eigenvalue weighted by atomic mass is 15.2. The van der Waals surface area contributed by atoms with E-state index >= 15 is 0 Å². The minimum absolute atomic E-state index is 0.755. The Balaban J connectivity index is 1.47. The van der Waals surface area contributed by atoms with Gasteiger partial charge >= 0.3 is 0 Å². The fourth-order valence-corrected chi connectivity index (χ4v) is 4.49. The highest BCUT2D eigenvalue weighted by Gasteiger charge is 2.20. The molecule has 1 aromatic carbocycles. The van der Waals surface area contributed by atoms with Gasteiger partial charge in [-0.3, -0.25) is 5.10 Å². The lowest BCUT2D eigenvalue weighted by Crippen LogP contribution is -2.30. The van der Waals surface area contributed by atoms with Crippen LogP contribution >= 0.6 is 0 Å². The number of benzene rings is 1. The van der Waals surface area contributed by atoms with Crippen molar-refractivity contribution >= 4 is 27.8 Å². The van der Waals surface area contributed by atoms with Crippen LogP contribution in [0.1, 0.15) is 25.1 Å². The van der Waals surface area contributed by atoms with Gasteiger partial charge in [-0.15, -0.1) is 0 Å². The molecule has 8 nitrogen and oxygen atoms in total. The molecule has 31 heavy (non-hydrogen) atoms. The number of nitrogens with one attached hydrogen (secondary N) is 2. The average molecular weight is 413 g/mol. The number of hydrogen-bond acceptors (Lipinski definition) is 5. The minimum Gasteiger partial charge on any atom is -0.355 e. The molecule has 2 N–H and O–H groups in total. The highest BCUT2D eigenvalue weighted by molar-refractivity contribution is 5.96. The molecule has 1 fully saturated rings. The van der Waals surface area contributed by atoms with Crippen molar-refractivity contribution in [2.24, 2.45) is 7.05 Å². The number of piperidine rings is 1. The van der Waals surface area contributed by atoms with Crippen LogP contribution in [0.5, 0.6) is 0 Å². The van der Waals surface area contributed by atoms with Crippen LogP contribution in [0.25, 0.3) is 44.7 Å². The van der Waals surface area contributed by atoms with Crippen molar-refractivity contribution in [1.82, 2.24) is 34.7 Å². The van der Waals surface area contributed by atoms with Gasteiger partial charge in [-0.1, -0.05) is 6.07 Å². The van der Waals surface area contributed by atoms with E-state index in [1.807, 2.05) is 32.4 Å². The number of nitrogens with zero attached hydrogens (tertiary/aromatic N) is 6. The predicted molar refractivity (Wildman–Crippen MR) is 122 cm³/mol. The first kappa shape index (κ1) is 18.1. The van der Waals surface area contributed by atoms with Crippen LogP contribution in [-0.2, 0) is 7.05 Å². The van der Waals surface area contributed by atoms with Crippen LogP contribution in [0.4, 0.5) is 5.82 Å². The topological polar surface area (TPSA) is 91.3 Å². The molecule has 156 valence electrons. The van der Waals surface area contributed by atoms with Crippen LogP contribution in [-0.4, -0.2) is 47.8 Å². The molecule has 1 aliphatic heterocycles. The standard InChI is InChI=1S/C23H24N8/c1-14-25-13-19(30(14)2)15-6-7-17-16(12-15)20(29-28-17)22-26-18-8-9-24-23(21(18)27-22)31-10-4-3-5-11-31/h6-9,12-13H,3-5,10-11H2,1-2H3,(H,26,27)(H,28,29). The van der Waals surface area contributed by atoms with Crippen molar-refractivity contribution in [3.05, 3.63) is 42.5 Å². The molecule has 0 aliphatic carbocycles. The van der Waals surface area contributed by atoms with E-state index in [-0.39, 0.29) is 0 Å². The van der Waals surface area contributed by atoms with Gasteiger partial charge in [0.1, 0.15) is 17.0 Å². The molecule has 0 amide bonds. The van der Waals surface area contributed by atoms with Crippen LogP contribution in [0.2, 0.25) is 0 Å². The van der Waals surface area contributed by atoms with E-state index in [1.165, 1.54) is 19.3 Å². The van der Waals surface area contributed by atoms with E-state index in [2.05, 4.69) is 52.8 Å². The molecule has 6 rings (SSSR count). The third-order valence-electron chi connectivity index (χ3n) is 6.34. The fourth-order valence-electron chi connectivity index (χ4n) is 4.49. The molecular weight excluding hydrogens is 388 g/mol. The number of H-pyrrole nitrogens is 2. The lowest BCUT2D eigenvalue weighted by molar-refractivity contribution is 0.574. The average Bonchev–Trinajstić information content (AvgIpc) is 3.50. The summed E-state index contributed by atoms with van der Waals surface area (Å²) in [5.41, 5.74) is 5.87. The third kappa shape index (κ3) is 2.90. The summed E-state index contributed by atoms with van der Waals surface area (Å²) in [6.07, 6.45) is 7.47. The Bertz CT molecular complexity index is 1400. The van der Waals surface area contributed by atoms with Crippen molar-refractivity contribution < 1.29 is 0 Å². The van der Waals surface area contributed by atoms with Crippen LogP contribution in [0.15, 0.2) is 36.7 Å². The van der Waals surface area contributed by atoms with Gasteiger partial charge in [-0.05, 0) is 44.4 Å². The normalized spacial score (nSPS) is 14.7. The van der Waals surface area contributed by atoms with Gasteiger partial charge in [0.05, 0.1) is 22.9 Å². The second kappa shape index (κ2) is 6.94. The molecule has 1 saturated heterocycles. The quantitative estimate of drug-likeness (QED) is 0.463. The van der Waals surface area contributed by atoms with Crippen molar-refractivity contribution in [3.8, 4) is 22.8 Å². The van der Waals surface area contributed by atoms with Crippen molar-refractivity contribution in [2.45, 2.75) is 26.2 Å². The first-order valence-corrected chi connectivity index (χ1v) is 10.8. The molecule has 0 spiro atoms. The van der Waals surface area contributed by atoms with Crippen LogP contribution < -0.4 is 4.90 Å². The van der Waals surface area contributed by atoms with Crippen molar-refractivity contribution in [2.75, 3.05) is 18.0 Å². The molecule has 1 aliphatic rings. The molecule has 8 heteroatoms. The number of rotatable bonds is 3. The van der Waals surface area contributed by atoms with Gasteiger partial charge in [0.25, 0.3) is 0 Å². The van der Waals surface area contributed by atoms with Gasteiger partial charge in [0, 0.05) is 37.3 Å². The maximum Gasteiger partial charge on any atom is 0.159 e. The molecule has 5 heterocycles. The number of anilines is 1. The Labute approximate surface area is 179 Å². The zero-order valence-corrected chi connectivity index (χ0v) is 17.7. The first-order chi connectivity index (χ1) is 15.2. The van der Waals surface area contributed by atoms with E-state index in [1.54, 1.807) is 0 Å². The number of imidazole rings is 2. The Hall–Kier alpha value is -3.68. The summed E-state index contributed by atoms with van der Waals surface area (Å²) >= 11 is 0. The van der Waals surface area contributed by atoms with Crippen LogP contribution in [0, 0.1) is 6.92 Å². The lowest BCUT2D eigenvalue weighted by atomic mass is 10.1. The predicted octanol–water partition coefficient (Wildman–Crippen LogP) is 4.20. The van der Waals surface area contributed by atoms with Gasteiger partial charge in [0.2, 0.25) is 0 Å². The molecule has 0 saturated carbocycles. The first-order valence-electron chi connectivity index (χ1n) is 10.8. The summed E-state index contributed by atoms with van der Waals surface area (Å²) in [7, 11) is 2.03. The Morgan fingerprint density at radius 3 is 2.68 bits per heavy atom. The molecule has 4 aromatic heterocycles. The fraction of sp³-hybridized carbons (Fsp3) is 0.304. The number of hydrogen-bond donors (Lipinski definition) is 2. The summed E-state index contributed by atoms with van der Waals surface area (Å²) in [5, 5.41) is 8.77. The van der Waals surface area contributed by atoms with E-state index in [0.29, 0.717) is 0 Å². The van der Waals surface area contributed by atoms with Gasteiger partial charge < -0.3 is 14.5 Å².